The zero-order chi connectivity index (χ0) is 12.1. The van der Waals surface area contributed by atoms with Crippen molar-refractivity contribution in [2.75, 3.05) is 13.1 Å². The lowest BCUT2D eigenvalue weighted by Crippen LogP contribution is -2.42. The molecule has 2 aliphatic carbocycles. The van der Waals surface area contributed by atoms with Gasteiger partial charge in [0.05, 0.1) is 0 Å². The van der Waals surface area contributed by atoms with Crippen molar-refractivity contribution in [1.82, 2.24) is 10.6 Å². The Bertz CT molecular complexity index is 251. The Morgan fingerprint density at radius 1 is 1.12 bits per heavy atom. The van der Waals surface area contributed by atoms with E-state index in [-0.39, 0.29) is 5.91 Å². The van der Waals surface area contributed by atoms with E-state index >= 15 is 0 Å². The molecule has 3 heteroatoms. The van der Waals surface area contributed by atoms with E-state index < -0.39 is 0 Å². The van der Waals surface area contributed by atoms with Crippen molar-refractivity contribution in [1.29, 1.82) is 0 Å². The van der Waals surface area contributed by atoms with E-state index in [0.717, 1.165) is 31.8 Å². The van der Waals surface area contributed by atoms with Crippen LogP contribution in [0.5, 0.6) is 0 Å². The highest BCUT2D eigenvalue weighted by atomic mass is 16.2. The molecule has 0 radical (unpaired) electrons. The van der Waals surface area contributed by atoms with Crippen molar-refractivity contribution in [3.05, 3.63) is 0 Å². The van der Waals surface area contributed by atoms with E-state index in [1.807, 2.05) is 0 Å². The molecule has 2 N–H and O–H groups in total. The fourth-order valence-electron chi connectivity index (χ4n) is 2.90. The largest absolute Gasteiger partial charge is 0.355 e. The number of amides is 1. The Labute approximate surface area is 105 Å². The van der Waals surface area contributed by atoms with E-state index in [2.05, 4.69) is 17.6 Å². The molecule has 1 amide bonds. The third-order valence-corrected chi connectivity index (χ3v) is 4.21. The van der Waals surface area contributed by atoms with E-state index in [0.29, 0.717) is 12.0 Å². The second kappa shape index (κ2) is 6.39. The number of rotatable bonds is 6. The lowest BCUT2D eigenvalue weighted by Gasteiger charge is -2.31. The summed E-state index contributed by atoms with van der Waals surface area (Å²) in [6.07, 6.45) is 8.93. The zero-order valence-corrected chi connectivity index (χ0v) is 11.0. The van der Waals surface area contributed by atoms with Gasteiger partial charge >= 0.3 is 0 Å². The molecule has 0 aliphatic heterocycles. The van der Waals surface area contributed by atoms with Gasteiger partial charge in [0.1, 0.15) is 0 Å². The summed E-state index contributed by atoms with van der Waals surface area (Å²) in [6, 6.07) is 0.687. The maximum atomic E-state index is 11.4. The Morgan fingerprint density at radius 2 is 1.88 bits per heavy atom. The zero-order valence-electron chi connectivity index (χ0n) is 11.0. The highest BCUT2D eigenvalue weighted by molar-refractivity contribution is 5.80. The fraction of sp³-hybridized carbons (Fsp3) is 0.929. The van der Waals surface area contributed by atoms with Gasteiger partial charge in [-0.3, -0.25) is 4.79 Å². The maximum absolute atomic E-state index is 11.4. The molecule has 0 aromatic heterocycles. The second-order valence-electron chi connectivity index (χ2n) is 5.58. The molecule has 2 fully saturated rings. The topological polar surface area (TPSA) is 41.1 Å². The standard InChI is InChI=1S/C14H26N2O/c1-2-11-5-3-4-6-13(11)15-9-10-16-14(17)12-7-8-12/h11-13,15H,2-10H2,1H3,(H,16,17). The Balaban J connectivity index is 1.58. The molecule has 0 aromatic rings. The summed E-state index contributed by atoms with van der Waals surface area (Å²) in [5.74, 6) is 1.46. The SMILES string of the molecule is CCC1CCCCC1NCCNC(=O)C1CC1. The molecule has 2 saturated carbocycles. The van der Waals surface area contributed by atoms with Crippen molar-refractivity contribution < 1.29 is 4.79 Å². The molecule has 2 atom stereocenters. The smallest absolute Gasteiger partial charge is 0.223 e. The van der Waals surface area contributed by atoms with Crippen molar-refractivity contribution in [3.8, 4) is 0 Å². The predicted molar refractivity (Wildman–Crippen MR) is 69.8 cm³/mol. The van der Waals surface area contributed by atoms with Crippen molar-refractivity contribution in [2.24, 2.45) is 11.8 Å². The minimum Gasteiger partial charge on any atom is -0.355 e. The lowest BCUT2D eigenvalue weighted by molar-refractivity contribution is -0.122. The fourth-order valence-corrected chi connectivity index (χ4v) is 2.90. The van der Waals surface area contributed by atoms with Crippen molar-refractivity contribution in [2.45, 2.75) is 57.9 Å². The van der Waals surface area contributed by atoms with Crippen LogP contribution < -0.4 is 10.6 Å². The summed E-state index contributed by atoms with van der Waals surface area (Å²) in [6.45, 7) is 4.02. The van der Waals surface area contributed by atoms with Crippen LogP contribution in [0, 0.1) is 11.8 Å². The number of hydrogen-bond acceptors (Lipinski definition) is 2. The summed E-state index contributed by atoms with van der Waals surface area (Å²) in [7, 11) is 0. The number of hydrogen-bond donors (Lipinski definition) is 2. The first kappa shape index (κ1) is 12.9. The molecule has 0 saturated heterocycles. The average Bonchev–Trinajstić information content (AvgIpc) is 3.19. The first-order chi connectivity index (χ1) is 8.31. The summed E-state index contributed by atoms with van der Waals surface area (Å²) >= 11 is 0. The molecular formula is C14H26N2O. The van der Waals surface area contributed by atoms with Crippen LogP contribution in [0.2, 0.25) is 0 Å². The van der Waals surface area contributed by atoms with Gasteiger partial charge in [-0.1, -0.05) is 26.2 Å². The number of carbonyl (C=O) groups excluding carboxylic acids is 1. The highest BCUT2D eigenvalue weighted by Crippen LogP contribution is 2.28. The molecule has 17 heavy (non-hydrogen) atoms. The van der Waals surface area contributed by atoms with Crippen LogP contribution in [0.25, 0.3) is 0 Å². The molecule has 0 bridgehead atoms. The van der Waals surface area contributed by atoms with Crippen LogP contribution in [-0.2, 0) is 4.79 Å². The Morgan fingerprint density at radius 3 is 2.59 bits per heavy atom. The molecule has 0 spiro atoms. The van der Waals surface area contributed by atoms with Crippen LogP contribution in [-0.4, -0.2) is 25.0 Å². The quantitative estimate of drug-likeness (QED) is 0.696. The van der Waals surface area contributed by atoms with Crippen molar-refractivity contribution >= 4 is 5.91 Å². The maximum Gasteiger partial charge on any atom is 0.223 e. The highest BCUT2D eigenvalue weighted by Gasteiger charge is 2.29. The summed E-state index contributed by atoms with van der Waals surface area (Å²) in [4.78, 5) is 11.4. The molecule has 0 heterocycles. The minimum absolute atomic E-state index is 0.266. The summed E-state index contributed by atoms with van der Waals surface area (Å²) in [5, 5.41) is 6.64. The van der Waals surface area contributed by atoms with Crippen molar-refractivity contribution in [3.63, 3.8) is 0 Å². The van der Waals surface area contributed by atoms with Gasteiger partial charge in [-0.15, -0.1) is 0 Å². The Kier molecular flexibility index (Phi) is 4.84. The molecule has 0 aromatic carbocycles. The van der Waals surface area contributed by atoms with Gasteiger partial charge in [0.15, 0.2) is 0 Å². The average molecular weight is 238 g/mol. The normalized spacial score (nSPS) is 29.0. The number of carbonyl (C=O) groups is 1. The third-order valence-electron chi connectivity index (χ3n) is 4.21. The van der Waals surface area contributed by atoms with E-state index in [1.54, 1.807) is 0 Å². The molecule has 2 aliphatic rings. The van der Waals surface area contributed by atoms with Gasteiger partial charge in [0.2, 0.25) is 5.91 Å². The summed E-state index contributed by atoms with van der Waals surface area (Å²) < 4.78 is 0. The Hall–Kier alpha value is -0.570. The lowest BCUT2D eigenvalue weighted by atomic mass is 9.83. The molecule has 3 nitrogen and oxygen atoms in total. The molecule has 98 valence electrons. The van der Waals surface area contributed by atoms with E-state index in [4.69, 9.17) is 0 Å². The monoisotopic (exact) mass is 238 g/mol. The van der Waals surface area contributed by atoms with E-state index in [1.165, 1.54) is 32.1 Å². The van der Waals surface area contributed by atoms with Gasteiger partial charge in [0.25, 0.3) is 0 Å². The van der Waals surface area contributed by atoms with Crippen LogP contribution in [0.15, 0.2) is 0 Å². The van der Waals surface area contributed by atoms with Crippen LogP contribution in [0.1, 0.15) is 51.9 Å². The van der Waals surface area contributed by atoms with Gasteiger partial charge in [-0.2, -0.15) is 0 Å². The van der Waals surface area contributed by atoms with Gasteiger partial charge in [-0.05, 0) is 31.6 Å². The summed E-state index contributed by atoms with van der Waals surface area (Å²) in [5.41, 5.74) is 0. The minimum atomic E-state index is 0.266. The van der Waals surface area contributed by atoms with Gasteiger partial charge in [0, 0.05) is 25.0 Å². The molecule has 2 rings (SSSR count). The molecule has 2 unspecified atom stereocenters. The van der Waals surface area contributed by atoms with Gasteiger partial charge < -0.3 is 10.6 Å². The predicted octanol–water partition coefficient (Wildman–Crippen LogP) is 2.07. The van der Waals surface area contributed by atoms with Crippen LogP contribution >= 0.6 is 0 Å². The first-order valence-electron chi connectivity index (χ1n) is 7.32. The van der Waals surface area contributed by atoms with Crippen LogP contribution in [0.4, 0.5) is 0 Å². The first-order valence-corrected chi connectivity index (χ1v) is 7.32. The van der Waals surface area contributed by atoms with Crippen LogP contribution in [0.3, 0.4) is 0 Å². The molecular weight excluding hydrogens is 212 g/mol. The van der Waals surface area contributed by atoms with Gasteiger partial charge in [-0.25, -0.2) is 0 Å². The van der Waals surface area contributed by atoms with E-state index in [9.17, 15) is 4.79 Å². The second-order valence-corrected chi connectivity index (χ2v) is 5.58. The number of nitrogens with one attached hydrogen (secondary N) is 2. The third kappa shape index (κ3) is 3.98.